The highest BCUT2D eigenvalue weighted by molar-refractivity contribution is 7.12. The van der Waals surface area contributed by atoms with Crippen LogP contribution >= 0.6 is 11.3 Å². The summed E-state index contributed by atoms with van der Waals surface area (Å²) in [5, 5.41) is 14.8. The summed E-state index contributed by atoms with van der Waals surface area (Å²) in [4.78, 5) is 24.6. The zero-order valence-electron chi connectivity index (χ0n) is 10.3. The van der Waals surface area contributed by atoms with Gasteiger partial charge in [0.15, 0.2) is 5.69 Å². The molecule has 2 heterocycles. The number of aromatic nitrogens is 1. The van der Waals surface area contributed by atoms with Crippen molar-refractivity contribution >= 4 is 23.2 Å². The summed E-state index contributed by atoms with van der Waals surface area (Å²) in [6.07, 6.45) is 0. The van der Waals surface area contributed by atoms with Crippen molar-refractivity contribution in [1.82, 2.24) is 10.5 Å². The second-order valence-corrected chi connectivity index (χ2v) is 5.34. The second kappa shape index (κ2) is 5.23. The standard InChI is InChI=1S/C12H12N2O4S/c1-6-3-4-10(19-6)7(2)13-11(15)8-5-9(12(16)17)18-14-8/h3-5,7H,1-2H3,(H,13,15)(H,16,17). The molecule has 19 heavy (non-hydrogen) atoms. The van der Waals surface area contributed by atoms with Gasteiger partial charge in [-0.15, -0.1) is 11.3 Å². The molecule has 2 aromatic rings. The lowest BCUT2D eigenvalue weighted by Gasteiger charge is -2.10. The van der Waals surface area contributed by atoms with Crippen LogP contribution in [-0.2, 0) is 0 Å². The molecule has 1 amide bonds. The van der Waals surface area contributed by atoms with Gasteiger partial charge >= 0.3 is 5.97 Å². The van der Waals surface area contributed by atoms with Gasteiger partial charge in [0.25, 0.3) is 5.91 Å². The normalized spacial score (nSPS) is 12.1. The fourth-order valence-electron chi connectivity index (χ4n) is 1.51. The van der Waals surface area contributed by atoms with E-state index in [1.165, 1.54) is 0 Å². The highest BCUT2D eigenvalue weighted by atomic mass is 32.1. The van der Waals surface area contributed by atoms with Crippen molar-refractivity contribution in [2.45, 2.75) is 19.9 Å². The lowest BCUT2D eigenvalue weighted by atomic mass is 10.2. The van der Waals surface area contributed by atoms with Gasteiger partial charge in [0.2, 0.25) is 5.76 Å². The molecule has 0 bridgehead atoms. The van der Waals surface area contributed by atoms with Crippen LogP contribution in [0.1, 0.15) is 43.8 Å². The van der Waals surface area contributed by atoms with Gasteiger partial charge in [0.1, 0.15) is 0 Å². The van der Waals surface area contributed by atoms with Crippen molar-refractivity contribution in [3.8, 4) is 0 Å². The SMILES string of the molecule is Cc1ccc(C(C)NC(=O)c2cc(C(=O)O)on2)s1. The fraction of sp³-hybridized carbons (Fsp3) is 0.250. The number of carboxylic acids is 1. The summed E-state index contributed by atoms with van der Waals surface area (Å²) >= 11 is 1.59. The predicted octanol–water partition coefficient (Wildman–Crippen LogP) is 2.23. The Bertz CT molecular complexity index is 617. The number of carboxylic acid groups (broad SMARTS) is 1. The third-order valence-electron chi connectivity index (χ3n) is 2.49. The molecule has 2 N–H and O–H groups in total. The van der Waals surface area contributed by atoms with Crippen molar-refractivity contribution < 1.29 is 19.2 Å². The topological polar surface area (TPSA) is 92.4 Å². The summed E-state index contributed by atoms with van der Waals surface area (Å²) < 4.78 is 4.53. The molecule has 0 fully saturated rings. The van der Waals surface area contributed by atoms with E-state index in [1.807, 2.05) is 26.0 Å². The minimum Gasteiger partial charge on any atom is -0.475 e. The molecule has 0 aliphatic carbocycles. The zero-order chi connectivity index (χ0) is 14.0. The van der Waals surface area contributed by atoms with Crippen molar-refractivity contribution in [2.75, 3.05) is 0 Å². The number of aryl methyl sites for hydroxylation is 1. The molecule has 0 aliphatic rings. The Morgan fingerprint density at radius 3 is 2.74 bits per heavy atom. The van der Waals surface area contributed by atoms with Gasteiger partial charge in [-0.2, -0.15) is 0 Å². The van der Waals surface area contributed by atoms with Gasteiger partial charge in [-0.1, -0.05) is 5.16 Å². The summed E-state index contributed by atoms with van der Waals surface area (Å²) in [7, 11) is 0. The van der Waals surface area contributed by atoms with Gasteiger partial charge < -0.3 is 14.9 Å². The van der Waals surface area contributed by atoms with Crippen molar-refractivity contribution in [3.63, 3.8) is 0 Å². The predicted molar refractivity (Wildman–Crippen MR) is 68.4 cm³/mol. The molecule has 0 saturated heterocycles. The Morgan fingerprint density at radius 2 is 2.21 bits per heavy atom. The first-order valence-electron chi connectivity index (χ1n) is 5.54. The molecule has 0 aliphatic heterocycles. The molecular weight excluding hydrogens is 268 g/mol. The van der Waals surface area contributed by atoms with Crippen LogP contribution < -0.4 is 5.32 Å². The Hall–Kier alpha value is -2.15. The number of carbonyl (C=O) groups excluding carboxylic acids is 1. The molecular formula is C12H12N2O4S. The van der Waals surface area contributed by atoms with E-state index in [4.69, 9.17) is 5.11 Å². The maximum Gasteiger partial charge on any atom is 0.374 e. The van der Waals surface area contributed by atoms with Crippen molar-refractivity contribution in [1.29, 1.82) is 0 Å². The molecule has 0 saturated carbocycles. The smallest absolute Gasteiger partial charge is 0.374 e. The van der Waals surface area contributed by atoms with E-state index in [1.54, 1.807) is 11.3 Å². The summed E-state index contributed by atoms with van der Waals surface area (Å²) in [5.74, 6) is -2.08. The minimum absolute atomic E-state index is 0.0440. The van der Waals surface area contributed by atoms with Crippen molar-refractivity contribution in [3.05, 3.63) is 39.4 Å². The average Bonchev–Trinajstić information content (AvgIpc) is 2.96. The van der Waals surface area contributed by atoms with Crippen LogP contribution in [0.2, 0.25) is 0 Å². The van der Waals surface area contributed by atoms with E-state index >= 15 is 0 Å². The maximum atomic E-state index is 11.8. The highest BCUT2D eigenvalue weighted by Gasteiger charge is 2.19. The summed E-state index contributed by atoms with van der Waals surface area (Å²) in [5.41, 5.74) is -0.0440. The molecule has 1 atom stereocenters. The molecule has 0 spiro atoms. The minimum atomic E-state index is -1.26. The Labute approximate surface area is 113 Å². The molecule has 0 aromatic carbocycles. The molecule has 7 heteroatoms. The number of amides is 1. The van der Waals surface area contributed by atoms with E-state index in [0.717, 1.165) is 15.8 Å². The van der Waals surface area contributed by atoms with Crippen LogP contribution in [0.25, 0.3) is 0 Å². The monoisotopic (exact) mass is 280 g/mol. The number of nitrogens with zero attached hydrogens (tertiary/aromatic N) is 1. The van der Waals surface area contributed by atoms with Crippen molar-refractivity contribution in [2.24, 2.45) is 0 Å². The van der Waals surface area contributed by atoms with Gasteiger partial charge in [-0.3, -0.25) is 4.79 Å². The van der Waals surface area contributed by atoms with Crippen LogP contribution in [0.3, 0.4) is 0 Å². The third kappa shape index (κ3) is 3.00. The number of thiophene rings is 1. The Morgan fingerprint density at radius 1 is 1.47 bits per heavy atom. The lowest BCUT2D eigenvalue weighted by Crippen LogP contribution is -2.26. The largest absolute Gasteiger partial charge is 0.475 e. The molecule has 6 nitrogen and oxygen atoms in total. The van der Waals surface area contributed by atoms with Crippen LogP contribution in [0.15, 0.2) is 22.7 Å². The number of rotatable bonds is 4. The Balaban J connectivity index is 2.06. The number of carbonyl (C=O) groups is 2. The summed E-state index contributed by atoms with van der Waals surface area (Å²) in [6, 6.07) is 4.85. The van der Waals surface area contributed by atoms with Crippen LogP contribution in [0, 0.1) is 6.92 Å². The fourth-order valence-corrected chi connectivity index (χ4v) is 2.39. The number of hydrogen-bond donors (Lipinski definition) is 2. The second-order valence-electron chi connectivity index (χ2n) is 4.03. The number of hydrogen-bond acceptors (Lipinski definition) is 5. The third-order valence-corrected chi connectivity index (χ3v) is 3.67. The zero-order valence-corrected chi connectivity index (χ0v) is 11.2. The highest BCUT2D eigenvalue weighted by Crippen LogP contribution is 2.22. The van der Waals surface area contributed by atoms with E-state index < -0.39 is 11.9 Å². The summed E-state index contributed by atoms with van der Waals surface area (Å²) in [6.45, 7) is 3.83. The van der Waals surface area contributed by atoms with Gasteiger partial charge in [-0.05, 0) is 26.0 Å². The van der Waals surface area contributed by atoms with E-state index in [9.17, 15) is 9.59 Å². The first kappa shape index (κ1) is 13.3. The van der Waals surface area contributed by atoms with E-state index in [0.29, 0.717) is 0 Å². The van der Waals surface area contributed by atoms with E-state index in [-0.39, 0.29) is 17.5 Å². The number of aromatic carboxylic acids is 1. The molecule has 0 radical (unpaired) electrons. The first-order chi connectivity index (χ1) is 8.97. The van der Waals surface area contributed by atoms with Gasteiger partial charge in [0, 0.05) is 15.8 Å². The van der Waals surface area contributed by atoms with E-state index in [2.05, 4.69) is 15.0 Å². The van der Waals surface area contributed by atoms with Crippen LogP contribution in [-0.4, -0.2) is 22.1 Å². The molecule has 100 valence electrons. The Kier molecular flexibility index (Phi) is 3.66. The van der Waals surface area contributed by atoms with Crippen LogP contribution in [0.4, 0.5) is 0 Å². The van der Waals surface area contributed by atoms with Gasteiger partial charge in [-0.25, -0.2) is 4.79 Å². The quantitative estimate of drug-likeness (QED) is 0.896. The molecule has 1 unspecified atom stereocenters. The average molecular weight is 280 g/mol. The molecule has 2 aromatic heterocycles. The van der Waals surface area contributed by atoms with Gasteiger partial charge in [0.05, 0.1) is 6.04 Å². The number of nitrogens with one attached hydrogen (secondary N) is 1. The molecule has 2 rings (SSSR count). The maximum absolute atomic E-state index is 11.8. The lowest BCUT2D eigenvalue weighted by molar-refractivity contribution is 0.0651. The first-order valence-corrected chi connectivity index (χ1v) is 6.36. The van der Waals surface area contributed by atoms with Crippen LogP contribution in [0.5, 0.6) is 0 Å².